The molecule has 0 aromatic rings. The summed E-state index contributed by atoms with van der Waals surface area (Å²) in [6, 6.07) is 0. The van der Waals surface area contributed by atoms with E-state index < -0.39 is 5.97 Å². The Morgan fingerprint density at radius 1 is 0.524 bits per heavy atom. The largest absolute Gasteiger partial charge is 0.481 e. The number of rotatable bonds is 31. The minimum Gasteiger partial charge on any atom is -0.481 e. The van der Waals surface area contributed by atoms with Crippen molar-refractivity contribution in [1.29, 1.82) is 0 Å². The predicted octanol–water partition coefficient (Wildman–Crippen LogP) is 12.0. The van der Waals surface area contributed by atoms with Crippen LogP contribution in [-0.4, -0.2) is 23.1 Å². The van der Waals surface area contributed by atoms with Crippen LogP contribution in [-0.2, 0) is 14.3 Å². The molecular weight excluding hydrogens is 520 g/mol. The average molecular weight is 587 g/mol. The molecule has 242 valence electrons. The number of hydrogen-bond donors (Lipinski definition) is 1. The molecule has 4 heteroatoms. The van der Waals surface area contributed by atoms with Crippen LogP contribution in [0.25, 0.3) is 0 Å². The van der Waals surface area contributed by atoms with E-state index in [2.05, 4.69) is 62.5 Å². The van der Waals surface area contributed by atoms with Crippen LogP contribution >= 0.6 is 0 Å². The van der Waals surface area contributed by atoms with Gasteiger partial charge in [-0.2, -0.15) is 0 Å². The van der Waals surface area contributed by atoms with Crippen LogP contribution in [0.1, 0.15) is 174 Å². The Kier molecular flexibility index (Phi) is 31.7. The van der Waals surface area contributed by atoms with Gasteiger partial charge in [-0.1, -0.05) is 146 Å². The van der Waals surface area contributed by atoms with Crippen LogP contribution in [0.4, 0.5) is 0 Å². The molecule has 0 radical (unpaired) electrons. The van der Waals surface area contributed by atoms with E-state index in [1.807, 2.05) is 0 Å². The number of carboxylic acid groups (broad SMARTS) is 1. The van der Waals surface area contributed by atoms with Crippen LogP contribution in [0, 0.1) is 0 Å². The Hall–Kier alpha value is -2.10. The molecule has 0 spiro atoms. The highest BCUT2D eigenvalue weighted by atomic mass is 16.5. The third-order valence-corrected chi connectivity index (χ3v) is 7.57. The number of unbranched alkanes of at least 4 members (excludes halogenated alkanes) is 15. The van der Waals surface area contributed by atoms with Crippen molar-refractivity contribution >= 4 is 11.9 Å². The standard InChI is InChI=1S/C38H66O4/c1-3-5-7-9-11-13-15-17-18-19-20-21-23-25-27-29-31-33-38(41)42-36(34-35-37(39)40)32-30-28-26-24-22-16-14-12-10-8-6-4-2/h11,13,17-18,20-21,25,27,36H,3-10,12,14-16,19,22-24,26,28-35H2,1-2H3,(H,39,40)/b13-11-,18-17-,21-20-,27-25-. The van der Waals surface area contributed by atoms with Crippen molar-refractivity contribution in [2.75, 3.05) is 0 Å². The van der Waals surface area contributed by atoms with E-state index in [0.717, 1.165) is 51.4 Å². The second kappa shape index (κ2) is 33.4. The summed E-state index contributed by atoms with van der Waals surface area (Å²) < 4.78 is 5.68. The topological polar surface area (TPSA) is 63.6 Å². The summed E-state index contributed by atoms with van der Waals surface area (Å²) in [5, 5.41) is 9.08. The lowest BCUT2D eigenvalue weighted by molar-refractivity contribution is -0.151. The maximum atomic E-state index is 12.4. The maximum absolute atomic E-state index is 12.4. The third kappa shape index (κ3) is 32.4. The second-order valence-corrected chi connectivity index (χ2v) is 11.7. The van der Waals surface area contributed by atoms with Crippen molar-refractivity contribution in [2.24, 2.45) is 0 Å². The first-order valence-electron chi connectivity index (χ1n) is 17.6. The van der Waals surface area contributed by atoms with Crippen molar-refractivity contribution in [3.05, 3.63) is 48.6 Å². The molecule has 4 nitrogen and oxygen atoms in total. The Labute approximate surface area is 260 Å². The monoisotopic (exact) mass is 586 g/mol. The van der Waals surface area contributed by atoms with Gasteiger partial charge in [0.1, 0.15) is 6.10 Å². The molecule has 0 aromatic heterocycles. The summed E-state index contributed by atoms with van der Waals surface area (Å²) in [5.74, 6) is -1.02. The Bertz CT molecular complexity index is 719. The van der Waals surface area contributed by atoms with Gasteiger partial charge in [0.05, 0.1) is 0 Å². The SMILES string of the molecule is CCCCC/C=C\C/C=C\C/C=C\C/C=C\CCCC(=O)OC(CCCCCCCCCCCCCC)CCC(=O)O. The van der Waals surface area contributed by atoms with Crippen LogP contribution in [0.15, 0.2) is 48.6 Å². The van der Waals surface area contributed by atoms with E-state index in [4.69, 9.17) is 9.84 Å². The van der Waals surface area contributed by atoms with Gasteiger partial charge in [0.2, 0.25) is 0 Å². The van der Waals surface area contributed by atoms with E-state index in [1.165, 1.54) is 89.9 Å². The molecule has 0 bridgehead atoms. The molecule has 0 fully saturated rings. The van der Waals surface area contributed by atoms with E-state index in [0.29, 0.717) is 12.8 Å². The smallest absolute Gasteiger partial charge is 0.306 e. The minimum atomic E-state index is -0.828. The van der Waals surface area contributed by atoms with Gasteiger partial charge in [-0.25, -0.2) is 0 Å². The molecule has 0 aliphatic heterocycles. The van der Waals surface area contributed by atoms with E-state index in [1.54, 1.807) is 0 Å². The highest BCUT2D eigenvalue weighted by molar-refractivity contribution is 5.70. The first kappa shape index (κ1) is 39.9. The Morgan fingerprint density at radius 2 is 0.952 bits per heavy atom. The fraction of sp³-hybridized carbons (Fsp3) is 0.737. The van der Waals surface area contributed by atoms with Gasteiger partial charge >= 0.3 is 11.9 Å². The molecule has 1 N–H and O–H groups in total. The van der Waals surface area contributed by atoms with Crippen molar-refractivity contribution in [2.45, 2.75) is 180 Å². The van der Waals surface area contributed by atoms with E-state index in [-0.39, 0.29) is 18.5 Å². The summed E-state index contributed by atoms with van der Waals surface area (Å²) >= 11 is 0. The summed E-state index contributed by atoms with van der Waals surface area (Å²) in [4.78, 5) is 23.4. The number of aliphatic carboxylic acids is 1. The number of ether oxygens (including phenoxy) is 1. The molecule has 0 heterocycles. The van der Waals surface area contributed by atoms with Crippen molar-refractivity contribution < 1.29 is 19.4 Å². The number of esters is 1. The molecule has 0 saturated carbocycles. The Balaban J connectivity index is 3.91. The second-order valence-electron chi connectivity index (χ2n) is 11.7. The zero-order chi connectivity index (χ0) is 30.8. The van der Waals surface area contributed by atoms with Crippen LogP contribution in [0.5, 0.6) is 0 Å². The lowest BCUT2D eigenvalue weighted by atomic mass is 10.0. The molecule has 0 saturated heterocycles. The molecule has 0 aliphatic rings. The zero-order valence-electron chi connectivity index (χ0n) is 27.5. The first-order valence-corrected chi connectivity index (χ1v) is 17.6. The van der Waals surface area contributed by atoms with Gasteiger partial charge in [0.15, 0.2) is 0 Å². The fourth-order valence-corrected chi connectivity index (χ4v) is 4.93. The van der Waals surface area contributed by atoms with Crippen LogP contribution < -0.4 is 0 Å². The molecule has 0 aromatic carbocycles. The lowest BCUT2D eigenvalue weighted by Gasteiger charge is -2.17. The van der Waals surface area contributed by atoms with Crippen LogP contribution in [0.3, 0.4) is 0 Å². The molecule has 0 aliphatic carbocycles. The number of carbonyl (C=O) groups excluding carboxylic acids is 1. The lowest BCUT2D eigenvalue weighted by Crippen LogP contribution is -2.19. The molecule has 1 atom stereocenters. The summed E-state index contributed by atoms with van der Waals surface area (Å²) in [6.07, 6.45) is 44.0. The van der Waals surface area contributed by atoms with E-state index >= 15 is 0 Å². The molecule has 42 heavy (non-hydrogen) atoms. The van der Waals surface area contributed by atoms with Gasteiger partial charge in [0.25, 0.3) is 0 Å². The first-order chi connectivity index (χ1) is 20.6. The maximum Gasteiger partial charge on any atom is 0.306 e. The summed E-state index contributed by atoms with van der Waals surface area (Å²) in [7, 11) is 0. The third-order valence-electron chi connectivity index (χ3n) is 7.57. The molecule has 0 rings (SSSR count). The normalized spacial score (nSPS) is 12.8. The predicted molar refractivity (Wildman–Crippen MR) is 181 cm³/mol. The quantitative estimate of drug-likeness (QED) is 0.0498. The minimum absolute atomic E-state index is 0.0540. The van der Waals surface area contributed by atoms with Gasteiger partial charge in [-0.05, 0) is 64.2 Å². The number of allylic oxidation sites excluding steroid dienone is 8. The molecule has 1 unspecified atom stereocenters. The van der Waals surface area contributed by atoms with E-state index in [9.17, 15) is 9.59 Å². The summed E-state index contributed by atoms with van der Waals surface area (Å²) in [6.45, 7) is 4.49. The highest BCUT2D eigenvalue weighted by Gasteiger charge is 2.15. The average Bonchev–Trinajstić information content (AvgIpc) is 2.97. The zero-order valence-corrected chi connectivity index (χ0v) is 27.5. The van der Waals surface area contributed by atoms with Crippen LogP contribution in [0.2, 0.25) is 0 Å². The van der Waals surface area contributed by atoms with Crippen molar-refractivity contribution in [3.63, 3.8) is 0 Å². The number of carboxylic acids is 1. The highest BCUT2D eigenvalue weighted by Crippen LogP contribution is 2.17. The van der Waals surface area contributed by atoms with Gasteiger partial charge in [-0.15, -0.1) is 0 Å². The van der Waals surface area contributed by atoms with Crippen molar-refractivity contribution in [1.82, 2.24) is 0 Å². The number of hydrogen-bond acceptors (Lipinski definition) is 3. The van der Waals surface area contributed by atoms with Gasteiger partial charge in [0, 0.05) is 12.8 Å². The summed E-state index contributed by atoms with van der Waals surface area (Å²) in [5.41, 5.74) is 0. The molecular formula is C38H66O4. The van der Waals surface area contributed by atoms with Gasteiger partial charge in [-0.3, -0.25) is 9.59 Å². The molecule has 0 amide bonds. The number of carbonyl (C=O) groups is 2. The fourth-order valence-electron chi connectivity index (χ4n) is 4.93. The Morgan fingerprint density at radius 3 is 1.45 bits per heavy atom. The van der Waals surface area contributed by atoms with Crippen molar-refractivity contribution in [3.8, 4) is 0 Å². The van der Waals surface area contributed by atoms with Gasteiger partial charge < -0.3 is 9.84 Å².